The number of hydrogen-bond acceptors (Lipinski definition) is 5. The Labute approximate surface area is 113 Å². The van der Waals surface area contributed by atoms with E-state index in [1.807, 2.05) is 11.5 Å². The van der Waals surface area contributed by atoms with Crippen LogP contribution in [-0.4, -0.2) is 31.6 Å². The molecule has 0 saturated carbocycles. The number of thiophene rings is 1. The lowest BCUT2D eigenvalue weighted by molar-refractivity contribution is -0.133. The van der Waals surface area contributed by atoms with E-state index < -0.39 is 5.97 Å². The fraction of sp³-hybridized carbons (Fsp3) is 0.364. The molecule has 0 radical (unpaired) electrons. The first-order chi connectivity index (χ1) is 8.66. The summed E-state index contributed by atoms with van der Waals surface area (Å²) in [7, 11) is 0. The second-order valence-electron chi connectivity index (χ2n) is 3.75. The minimum Gasteiger partial charge on any atom is -0.481 e. The average molecular weight is 283 g/mol. The Morgan fingerprint density at radius 3 is 3.06 bits per heavy atom. The second kappa shape index (κ2) is 6.01. The summed E-state index contributed by atoms with van der Waals surface area (Å²) in [5.41, 5.74) is 1.28. The fourth-order valence-electron chi connectivity index (χ4n) is 1.53. The molecule has 0 fully saturated rings. The topological polar surface area (TPSA) is 68.0 Å². The summed E-state index contributed by atoms with van der Waals surface area (Å²) < 4.78 is 1.96. The van der Waals surface area contributed by atoms with Crippen molar-refractivity contribution >= 4 is 29.1 Å². The highest BCUT2D eigenvalue weighted by molar-refractivity contribution is 7.99. The van der Waals surface area contributed by atoms with Crippen LogP contribution in [0.15, 0.2) is 22.0 Å². The number of aromatic nitrogens is 3. The number of thioether (sulfide) groups is 1. The quantitative estimate of drug-likeness (QED) is 0.822. The van der Waals surface area contributed by atoms with Crippen molar-refractivity contribution in [1.29, 1.82) is 0 Å². The smallest absolute Gasteiger partial charge is 0.313 e. The zero-order chi connectivity index (χ0) is 13.0. The first kappa shape index (κ1) is 13.1. The molecule has 0 aliphatic rings. The van der Waals surface area contributed by atoms with Gasteiger partial charge in [-0.3, -0.25) is 4.79 Å². The Bertz CT molecular complexity index is 522. The van der Waals surface area contributed by atoms with E-state index in [9.17, 15) is 4.79 Å². The summed E-state index contributed by atoms with van der Waals surface area (Å²) in [6.45, 7) is 2.66. The van der Waals surface area contributed by atoms with E-state index in [4.69, 9.17) is 5.11 Å². The van der Waals surface area contributed by atoms with Gasteiger partial charge in [-0.15, -0.1) is 10.2 Å². The minimum absolute atomic E-state index is 0.0105. The van der Waals surface area contributed by atoms with Gasteiger partial charge in [-0.1, -0.05) is 11.8 Å². The first-order valence-corrected chi connectivity index (χ1v) is 7.35. The van der Waals surface area contributed by atoms with E-state index in [2.05, 4.69) is 27.0 Å². The van der Waals surface area contributed by atoms with Crippen LogP contribution in [0.25, 0.3) is 0 Å². The lowest BCUT2D eigenvalue weighted by atomic mass is 10.2. The van der Waals surface area contributed by atoms with Gasteiger partial charge in [-0.25, -0.2) is 0 Å². The summed E-state index contributed by atoms with van der Waals surface area (Å²) in [6, 6.07) is 2.09. The van der Waals surface area contributed by atoms with Gasteiger partial charge in [-0.2, -0.15) is 11.3 Å². The third-order valence-corrected chi connectivity index (χ3v) is 4.11. The second-order valence-corrected chi connectivity index (χ2v) is 5.47. The number of carbonyl (C=O) groups is 1. The van der Waals surface area contributed by atoms with E-state index in [1.54, 1.807) is 11.3 Å². The van der Waals surface area contributed by atoms with Crippen molar-refractivity contribution < 1.29 is 9.90 Å². The maximum absolute atomic E-state index is 10.6. The van der Waals surface area contributed by atoms with Gasteiger partial charge < -0.3 is 9.67 Å². The van der Waals surface area contributed by atoms with Crippen LogP contribution < -0.4 is 0 Å². The molecule has 5 nitrogen and oxygen atoms in total. The molecular weight excluding hydrogens is 270 g/mol. The molecule has 1 N–H and O–H groups in total. The van der Waals surface area contributed by atoms with Gasteiger partial charge in [0.05, 0.1) is 5.75 Å². The van der Waals surface area contributed by atoms with Crippen molar-refractivity contribution in [3.05, 3.63) is 28.2 Å². The molecule has 2 heterocycles. The minimum atomic E-state index is -0.843. The standard InChI is InChI=1S/C11H13N3O2S2/c1-8-12-13-11(18-7-10(15)16)14(8)4-2-9-3-5-17-6-9/h3,5-6H,2,4,7H2,1H3,(H,15,16). The molecule has 0 saturated heterocycles. The number of rotatable bonds is 6. The molecule has 0 atom stereocenters. The largest absolute Gasteiger partial charge is 0.481 e. The Morgan fingerprint density at radius 2 is 2.39 bits per heavy atom. The highest BCUT2D eigenvalue weighted by Gasteiger charge is 2.11. The highest BCUT2D eigenvalue weighted by atomic mass is 32.2. The van der Waals surface area contributed by atoms with Gasteiger partial charge >= 0.3 is 5.97 Å². The fourth-order valence-corrected chi connectivity index (χ4v) is 2.96. The average Bonchev–Trinajstić information content (AvgIpc) is 2.94. The monoisotopic (exact) mass is 283 g/mol. The van der Waals surface area contributed by atoms with Crippen LogP contribution in [0, 0.1) is 6.92 Å². The van der Waals surface area contributed by atoms with Crippen molar-refractivity contribution in [1.82, 2.24) is 14.8 Å². The molecule has 0 bridgehead atoms. The lowest BCUT2D eigenvalue weighted by Crippen LogP contribution is -2.06. The van der Waals surface area contributed by atoms with Crippen LogP contribution in [0.3, 0.4) is 0 Å². The number of hydrogen-bond donors (Lipinski definition) is 1. The maximum Gasteiger partial charge on any atom is 0.313 e. The Hall–Kier alpha value is -1.34. The van der Waals surface area contributed by atoms with Crippen LogP contribution in [-0.2, 0) is 17.8 Å². The molecule has 0 aliphatic carbocycles. The van der Waals surface area contributed by atoms with Crippen LogP contribution in [0.1, 0.15) is 11.4 Å². The third-order valence-electron chi connectivity index (χ3n) is 2.43. The molecule has 0 spiro atoms. The predicted molar refractivity (Wildman–Crippen MR) is 71.1 cm³/mol. The van der Waals surface area contributed by atoms with Crippen LogP contribution in [0.2, 0.25) is 0 Å². The number of carboxylic acids is 1. The molecular formula is C11H13N3O2S2. The van der Waals surface area contributed by atoms with Crippen LogP contribution in [0.5, 0.6) is 0 Å². The van der Waals surface area contributed by atoms with E-state index in [0.29, 0.717) is 5.16 Å². The van der Waals surface area contributed by atoms with Gasteiger partial charge in [-0.05, 0) is 35.7 Å². The van der Waals surface area contributed by atoms with Crippen LogP contribution in [0.4, 0.5) is 0 Å². The zero-order valence-corrected chi connectivity index (χ0v) is 11.5. The molecule has 0 unspecified atom stereocenters. The molecule has 2 aromatic heterocycles. The Kier molecular flexibility index (Phi) is 4.38. The molecule has 96 valence electrons. The zero-order valence-electron chi connectivity index (χ0n) is 9.87. The van der Waals surface area contributed by atoms with Crippen molar-refractivity contribution in [3.8, 4) is 0 Å². The SMILES string of the molecule is Cc1nnc(SCC(=O)O)n1CCc1ccsc1. The predicted octanol–water partition coefficient (Wildman–Crippen LogP) is 2.07. The van der Waals surface area contributed by atoms with E-state index in [-0.39, 0.29) is 5.75 Å². The summed E-state index contributed by atoms with van der Waals surface area (Å²) in [4.78, 5) is 10.6. The molecule has 2 rings (SSSR count). The van der Waals surface area contributed by atoms with E-state index in [1.165, 1.54) is 17.3 Å². The third kappa shape index (κ3) is 3.33. The van der Waals surface area contributed by atoms with Gasteiger partial charge in [0.1, 0.15) is 5.82 Å². The van der Waals surface area contributed by atoms with Crippen molar-refractivity contribution in [2.75, 3.05) is 5.75 Å². The van der Waals surface area contributed by atoms with Gasteiger partial charge in [0.15, 0.2) is 5.16 Å². The normalized spacial score (nSPS) is 10.7. The van der Waals surface area contributed by atoms with Gasteiger partial charge in [0, 0.05) is 6.54 Å². The summed E-state index contributed by atoms with van der Waals surface area (Å²) in [5, 5.41) is 21.5. The van der Waals surface area contributed by atoms with Crippen molar-refractivity contribution in [2.45, 2.75) is 25.0 Å². The molecule has 0 aromatic carbocycles. The molecule has 0 amide bonds. The molecule has 2 aromatic rings. The summed E-state index contributed by atoms with van der Waals surface area (Å²) in [5.74, 6) is -0.0144. The first-order valence-electron chi connectivity index (χ1n) is 5.42. The summed E-state index contributed by atoms with van der Waals surface area (Å²) in [6.07, 6.45) is 0.906. The molecule has 0 aliphatic heterocycles. The van der Waals surface area contributed by atoms with Crippen molar-refractivity contribution in [2.24, 2.45) is 0 Å². The van der Waals surface area contributed by atoms with E-state index >= 15 is 0 Å². The molecule has 7 heteroatoms. The Morgan fingerprint density at radius 1 is 1.56 bits per heavy atom. The Balaban J connectivity index is 2.02. The lowest BCUT2D eigenvalue weighted by Gasteiger charge is -2.06. The van der Waals surface area contributed by atoms with Crippen LogP contribution >= 0.6 is 23.1 Å². The maximum atomic E-state index is 10.6. The highest BCUT2D eigenvalue weighted by Crippen LogP contribution is 2.17. The number of carboxylic acid groups (broad SMARTS) is 1. The number of nitrogens with zero attached hydrogens (tertiary/aromatic N) is 3. The van der Waals surface area contributed by atoms with E-state index in [0.717, 1.165) is 18.8 Å². The number of aliphatic carboxylic acids is 1. The van der Waals surface area contributed by atoms with Gasteiger partial charge in [0.2, 0.25) is 0 Å². The summed E-state index contributed by atoms with van der Waals surface area (Å²) >= 11 is 2.88. The van der Waals surface area contributed by atoms with Crippen molar-refractivity contribution in [3.63, 3.8) is 0 Å². The molecule has 18 heavy (non-hydrogen) atoms. The number of aryl methyl sites for hydroxylation is 2. The van der Waals surface area contributed by atoms with Gasteiger partial charge in [0.25, 0.3) is 0 Å².